The number of nitrogens with zero attached hydrogens (tertiary/aromatic N) is 2. The number of hydrogen-bond donors (Lipinski definition) is 0. The van der Waals surface area contributed by atoms with Gasteiger partial charge in [-0.15, -0.1) is 11.5 Å². The van der Waals surface area contributed by atoms with Crippen LogP contribution in [0.25, 0.3) is 0 Å². The van der Waals surface area contributed by atoms with Crippen molar-refractivity contribution in [1.82, 2.24) is 0 Å². The van der Waals surface area contributed by atoms with Gasteiger partial charge in [0.05, 0.1) is 26.3 Å². The third-order valence-corrected chi connectivity index (χ3v) is 5.91. The van der Waals surface area contributed by atoms with Crippen molar-refractivity contribution in [2.24, 2.45) is 9.98 Å². The fourth-order valence-corrected chi connectivity index (χ4v) is 3.50. The predicted octanol–water partition coefficient (Wildman–Crippen LogP) is 5.90. The zero-order chi connectivity index (χ0) is 27.3. The van der Waals surface area contributed by atoms with Crippen molar-refractivity contribution in [3.63, 3.8) is 0 Å². The second-order valence-electron chi connectivity index (χ2n) is 8.53. The normalized spacial score (nSPS) is 12.2. The number of benzene rings is 4. The van der Waals surface area contributed by atoms with Crippen molar-refractivity contribution in [3.05, 3.63) is 119 Å². The van der Waals surface area contributed by atoms with E-state index in [2.05, 4.69) is 9.98 Å². The first-order valence-corrected chi connectivity index (χ1v) is 12.3. The van der Waals surface area contributed by atoms with Crippen LogP contribution < -0.4 is 19.7 Å². The molecule has 4 aromatic rings. The number of aliphatic imine (C=N–C) groups is 2. The first-order chi connectivity index (χ1) is 18.4. The summed E-state index contributed by atoms with van der Waals surface area (Å²) >= 11 is 0. The van der Waals surface area contributed by atoms with E-state index in [1.165, 1.54) is 0 Å². The molecule has 4 rings (SSSR count). The third kappa shape index (κ3) is 9.70. The Labute approximate surface area is 243 Å². The summed E-state index contributed by atoms with van der Waals surface area (Å²) in [5.41, 5.74) is 3.39. The maximum Gasteiger partial charge on any atom is 2.00 e. The standard InChI is InChI=1S/2C16H17NO2.Zn/c2*1-12(13-7-9-15(19-2)10-8-13)17-11-14-5-3-4-6-16(14)18;/h2*3-12,18H,1-2H3;/q;;+2/p-2/t2*12-;/m00./s1. The van der Waals surface area contributed by atoms with Gasteiger partial charge in [-0.1, -0.05) is 72.8 Å². The maximum absolute atomic E-state index is 11.5. The first-order valence-electron chi connectivity index (χ1n) is 12.3. The van der Waals surface area contributed by atoms with Gasteiger partial charge in [-0.2, -0.15) is 0 Å². The summed E-state index contributed by atoms with van der Waals surface area (Å²) in [4.78, 5) is 8.83. The smallest absolute Gasteiger partial charge is 0.872 e. The molecular formula is C32H32N2O4Zn. The van der Waals surface area contributed by atoms with Crippen LogP contribution >= 0.6 is 0 Å². The van der Waals surface area contributed by atoms with Crippen LogP contribution in [0.1, 0.15) is 48.2 Å². The molecule has 0 radical (unpaired) electrons. The Morgan fingerprint density at radius 1 is 0.564 bits per heavy atom. The van der Waals surface area contributed by atoms with Gasteiger partial charge in [0.2, 0.25) is 0 Å². The van der Waals surface area contributed by atoms with Crippen LogP contribution in [0.5, 0.6) is 23.0 Å². The van der Waals surface area contributed by atoms with Gasteiger partial charge in [-0.25, -0.2) is 0 Å². The molecule has 0 aliphatic heterocycles. The Kier molecular flexibility index (Phi) is 12.9. The Bertz CT molecular complexity index is 1230. The zero-order valence-corrected chi connectivity index (χ0v) is 25.7. The molecule has 0 heterocycles. The molecule has 0 spiro atoms. The van der Waals surface area contributed by atoms with Gasteiger partial charge in [-0.05, 0) is 60.4 Å². The molecule has 0 bridgehead atoms. The van der Waals surface area contributed by atoms with E-state index in [9.17, 15) is 10.2 Å². The molecule has 0 amide bonds. The molecule has 39 heavy (non-hydrogen) atoms. The van der Waals surface area contributed by atoms with E-state index in [4.69, 9.17) is 9.47 Å². The molecule has 0 N–H and O–H groups in total. The van der Waals surface area contributed by atoms with Crippen LogP contribution in [0.4, 0.5) is 0 Å². The molecule has 0 unspecified atom stereocenters. The second-order valence-corrected chi connectivity index (χ2v) is 8.53. The monoisotopic (exact) mass is 572 g/mol. The minimum atomic E-state index is -0.00631. The minimum absolute atomic E-state index is 0. The molecule has 2 atom stereocenters. The van der Waals surface area contributed by atoms with E-state index in [0.29, 0.717) is 11.1 Å². The van der Waals surface area contributed by atoms with E-state index >= 15 is 0 Å². The molecule has 4 aromatic carbocycles. The first kappa shape index (κ1) is 31.3. The number of para-hydroxylation sites is 2. The van der Waals surface area contributed by atoms with Crippen molar-refractivity contribution in [2.75, 3.05) is 14.2 Å². The molecule has 0 aliphatic carbocycles. The number of methoxy groups -OCH3 is 2. The van der Waals surface area contributed by atoms with E-state index in [-0.39, 0.29) is 43.1 Å². The molecular weight excluding hydrogens is 542 g/mol. The van der Waals surface area contributed by atoms with Crippen molar-refractivity contribution < 1.29 is 39.2 Å². The van der Waals surface area contributed by atoms with Crippen molar-refractivity contribution in [1.29, 1.82) is 0 Å². The van der Waals surface area contributed by atoms with Gasteiger partial charge in [0.1, 0.15) is 11.5 Å². The average Bonchev–Trinajstić information content (AvgIpc) is 2.96. The second kappa shape index (κ2) is 16.1. The van der Waals surface area contributed by atoms with Crippen LogP contribution in [0.2, 0.25) is 0 Å². The van der Waals surface area contributed by atoms with Crippen LogP contribution in [0.15, 0.2) is 107 Å². The third-order valence-electron chi connectivity index (χ3n) is 5.91. The van der Waals surface area contributed by atoms with Crippen molar-refractivity contribution >= 4 is 12.4 Å². The Balaban J connectivity index is 0.000000267. The van der Waals surface area contributed by atoms with Crippen LogP contribution in [0.3, 0.4) is 0 Å². The summed E-state index contributed by atoms with van der Waals surface area (Å²) in [6.07, 6.45) is 3.27. The van der Waals surface area contributed by atoms with Crippen LogP contribution in [0, 0.1) is 0 Å². The Morgan fingerprint density at radius 2 is 0.897 bits per heavy atom. The zero-order valence-electron chi connectivity index (χ0n) is 22.8. The molecule has 0 aromatic heterocycles. The number of rotatable bonds is 8. The van der Waals surface area contributed by atoms with Crippen LogP contribution in [-0.4, -0.2) is 26.6 Å². The molecule has 0 saturated heterocycles. The van der Waals surface area contributed by atoms with Crippen molar-refractivity contribution in [2.45, 2.75) is 25.9 Å². The van der Waals surface area contributed by atoms with E-state index in [1.807, 2.05) is 74.5 Å². The Morgan fingerprint density at radius 3 is 1.21 bits per heavy atom. The molecule has 6 nitrogen and oxygen atoms in total. The largest absolute Gasteiger partial charge is 2.00 e. The molecule has 7 heteroatoms. The fraction of sp³-hybridized carbons (Fsp3) is 0.188. The minimum Gasteiger partial charge on any atom is -0.872 e. The van der Waals surface area contributed by atoms with Gasteiger partial charge in [0.25, 0.3) is 0 Å². The Hall–Kier alpha value is -3.96. The molecule has 0 fully saturated rings. The average molecular weight is 574 g/mol. The van der Waals surface area contributed by atoms with Crippen molar-refractivity contribution in [3.8, 4) is 23.0 Å². The fourth-order valence-electron chi connectivity index (χ4n) is 3.50. The summed E-state index contributed by atoms with van der Waals surface area (Å²) in [6, 6.07) is 29.3. The molecule has 196 valence electrons. The summed E-state index contributed by atoms with van der Waals surface area (Å²) < 4.78 is 10.2. The van der Waals surface area contributed by atoms with E-state index in [1.54, 1.807) is 63.0 Å². The maximum atomic E-state index is 11.5. The van der Waals surface area contributed by atoms with Gasteiger partial charge in [0.15, 0.2) is 0 Å². The van der Waals surface area contributed by atoms with E-state index in [0.717, 1.165) is 22.6 Å². The van der Waals surface area contributed by atoms with Gasteiger partial charge >= 0.3 is 19.5 Å². The number of hydrogen-bond acceptors (Lipinski definition) is 6. The van der Waals surface area contributed by atoms with Gasteiger partial charge in [-0.3, -0.25) is 9.98 Å². The van der Waals surface area contributed by atoms with E-state index < -0.39 is 0 Å². The SMILES string of the molecule is COc1ccc([C@H](C)N=Cc2ccccc2[O-])cc1.COc1ccc([C@H](C)N=Cc2ccccc2[O-])cc1.[Zn+2]. The van der Waals surface area contributed by atoms with Gasteiger partial charge < -0.3 is 19.7 Å². The molecule has 0 saturated carbocycles. The summed E-state index contributed by atoms with van der Waals surface area (Å²) in [7, 11) is 3.28. The number of ether oxygens (including phenoxy) is 2. The molecule has 0 aliphatic rings. The quantitative estimate of drug-likeness (QED) is 0.194. The summed E-state index contributed by atoms with van der Waals surface area (Å²) in [6.45, 7) is 3.98. The predicted molar refractivity (Wildman–Crippen MR) is 150 cm³/mol. The summed E-state index contributed by atoms with van der Waals surface area (Å²) in [5.74, 6) is 1.64. The van der Waals surface area contributed by atoms with Gasteiger partial charge in [0, 0.05) is 12.4 Å². The summed E-state index contributed by atoms with van der Waals surface area (Å²) in [5, 5.41) is 23.1. The van der Waals surface area contributed by atoms with Crippen LogP contribution in [-0.2, 0) is 19.5 Å². The topological polar surface area (TPSA) is 89.3 Å².